The summed E-state index contributed by atoms with van der Waals surface area (Å²) in [6, 6.07) is 0. The molecule has 0 saturated heterocycles. The Morgan fingerprint density at radius 2 is 1.83 bits per heavy atom. The summed E-state index contributed by atoms with van der Waals surface area (Å²) in [6.45, 7) is 2.92. The minimum absolute atomic E-state index is 0.0515. The van der Waals surface area contributed by atoms with E-state index in [2.05, 4.69) is 6.92 Å². The van der Waals surface area contributed by atoms with Crippen LogP contribution in [0.4, 0.5) is 0 Å². The molecule has 0 heterocycles. The molecule has 1 rings (SSSR count). The van der Waals surface area contributed by atoms with Gasteiger partial charge in [-0.05, 0) is 19.3 Å². The van der Waals surface area contributed by atoms with Gasteiger partial charge in [0, 0.05) is 6.61 Å². The minimum Gasteiger partial charge on any atom is -0.481 e. The van der Waals surface area contributed by atoms with E-state index in [1.54, 1.807) is 0 Å². The molecule has 18 heavy (non-hydrogen) atoms. The average molecular weight is 256 g/mol. The lowest BCUT2D eigenvalue weighted by molar-refractivity contribution is -0.148. The zero-order chi connectivity index (χ0) is 13.2. The summed E-state index contributed by atoms with van der Waals surface area (Å²) < 4.78 is 5.86. The fourth-order valence-corrected chi connectivity index (χ4v) is 2.70. The summed E-state index contributed by atoms with van der Waals surface area (Å²) in [4.78, 5) is 11.3. The van der Waals surface area contributed by atoms with Crippen molar-refractivity contribution in [2.75, 3.05) is 6.61 Å². The first-order chi connectivity index (χ1) is 8.75. The molecule has 0 radical (unpaired) electrons. The molecule has 1 fully saturated rings. The number of hydrogen-bond donors (Lipinski definition) is 1. The third-order valence-corrected chi connectivity index (χ3v) is 3.85. The van der Waals surface area contributed by atoms with Crippen LogP contribution in [-0.4, -0.2) is 23.8 Å². The predicted molar refractivity (Wildman–Crippen MR) is 72.7 cm³/mol. The van der Waals surface area contributed by atoms with Crippen molar-refractivity contribution >= 4 is 5.97 Å². The van der Waals surface area contributed by atoms with Crippen LogP contribution >= 0.6 is 0 Å². The van der Waals surface area contributed by atoms with Crippen molar-refractivity contribution in [3.63, 3.8) is 0 Å². The zero-order valence-corrected chi connectivity index (χ0v) is 11.7. The molecule has 1 aliphatic carbocycles. The Balaban J connectivity index is 2.33. The van der Waals surface area contributed by atoms with Crippen LogP contribution in [0.15, 0.2) is 0 Å². The highest BCUT2D eigenvalue weighted by Crippen LogP contribution is 2.25. The number of carboxylic acids is 1. The van der Waals surface area contributed by atoms with Gasteiger partial charge in [0.1, 0.15) is 0 Å². The third kappa shape index (κ3) is 5.85. The van der Waals surface area contributed by atoms with Gasteiger partial charge in [-0.3, -0.25) is 4.79 Å². The van der Waals surface area contributed by atoms with Crippen LogP contribution in [0, 0.1) is 5.92 Å². The second-order valence-corrected chi connectivity index (χ2v) is 5.41. The van der Waals surface area contributed by atoms with Gasteiger partial charge in [-0.2, -0.15) is 0 Å². The van der Waals surface area contributed by atoms with Crippen LogP contribution in [0.25, 0.3) is 0 Å². The first-order valence-electron chi connectivity index (χ1n) is 7.60. The first kappa shape index (κ1) is 15.5. The summed E-state index contributed by atoms with van der Waals surface area (Å²) in [6.07, 6.45) is 10.9. The van der Waals surface area contributed by atoms with Crippen molar-refractivity contribution in [2.24, 2.45) is 5.92 Å². The van der Waals surface area contributed by atoms with Gasteiger partial charge < -0.3 is 9.84 Å². The second-order valence-electron chi connectivity index (χ2n) is 5.41. The number of aliphatic carboxylic acids is 1. The molecular weight excluding hydrogens is 228 g/mol. The number of unbranched alkanes of at least 4 members (excludes halogenated alkanes) is 3. The fraction of sp³-hybridized carbons (Fsp3) is 0.933. The maximum atomic E-state index is 11.3. The van der Waals surface area contributed by atoms with Gasteiger partial charge in [-0.15, -0.1) is 0 Å². The predicted octanol–water partition coefficient (Wildman–Crippen LogP) is 4.01. The van der Waals surface area contributed by atoms with Crippen LogP contribution in [0.1, 0.15) is 71.1 Å². The molecule has 1 saturated carbocycles. The first-order valence-corrected chi connectivity index (χ1v) is 7.60. The van der Waals surface area contributed by atoms with Gasteiger partial charge in [-0.25, -0.2) is 0 Å². The van der Waals surface area contributed by atoms with E-state index in [9.17, 15) is 9.90 Å². The number of carboxylic acid groups (broad SMARTS) is 1. The number of rotatable bonds is 7. The summed E-state index contributed by atoms with van der Waals surface area (Å²) in [5.74, 6) is -0.952. The van der Waals surface area contributed by atoms with E-state index in [0.717, 1.165) is 38.7 Å². The van der Waals surface area contributed by atoms with E-state index in [1.165, 1.54) is 32.1 Å². The average Bonchev–Trinajstić information content (AvgIpc) is 2.30. The van der Waals surface area contributed by atoms with E-state index < -0.39 is 5.97 Å². The van der Waals surface area contributed by atoms with Gasteiger partial charge in [-0.1, -0.05) is 51.9 Å². The van der Waals surface area contributed by atoms with Crippen LogP contribution in [0.5, 0.6) is 0 Å². The molecule has 2 unspecified atom stereocenters. The quantitative estimate of drug-likeness (QED) is 0.700. The number of carbonyl (C=O) groups is 1. The Hall–Kier alpha value is -0.570. The molecule has 0 aromatic carbocycles. The molecule has 106 valence electrons. The maximum absolute atomic E-state index is 11.3. The topological polar surface area (TPSA) is 46.5 Å². The van der Waals surface area contributed by atoms with Crippen molar-refractivity contribution in [3.05, 3.63) is 0 Å². The van der Waals surface area contributed by atoms with Crippen molar-refractivity contribution in [3.8, 4) is 0 Å². The van der Waals surface area contributed by atoms with Crippen molar-refractivity contribution < 1.29 is 14.6 Å². The normalized spacial score (nSPS) is 25.4. The molecule has 1 aliphatic rings. The summed E-state index contributed by atoms with van der Waals surface area (Å²) in [7, 11) is 0. The monoisotopic (exact) mass is 256 g/mol. The zero-order valence-electron chi connectivity index (χ0n) is 11.7. The van der Waals surface area contributed by atoms with E-state index in [0.29, 0.717) is 0 Å². The van der Waals surface area contributed by atoms with Crippen LogP contribution < -0.4 is 0 Å². The van der Waals surface area contributed by atoms with Crippen molar-refractivity contribution in [1.82, 2.24) is 0 Å². The van der Waals surface area contributed by atoms with Gasteiger partial charge in [0.25, 0.3) is 0 Å². The van der Waals surface area contributed by atoms with Crippen LogP contribution in [0.2, 0.25) is 0 Å². The summed E-state index contributed by atoms with van der Waals surface area (Å²) >= 11 is 0. The molecule has 3 heteroatoms. The van der Waals surface area contributed by atoms with Crippen molar-refractivity contribution in [2.45, 2.75) is 77.2 Å². The summed E-state index contributed by atoms with van der Waals surface area (Å²) in [5, 5.41) is 9.29. The van der Waals surface area contributed by atoms with Crippen LogP contribution in [-0.2, 0) is 9.53 Å². The largest absolute Gasteiger partial charge is 0.481 e. The van der Waals surface area contributed by atoms with Gasteiger partial charge >= 0.3 is 5.97 Å². The standard InChI is InChI=1S/C15H28O3/c1-2-3-4-9-12-18-14-11-8-6-5-7-10-13(14)15(16)17/h13-14H,2-12H2,1H3,(H,16,17). The maximum Gasteiger partial charge on any atom is 0.309 e. The van der Waals surface area contributed by atoms with Crippen molar-refractivity contribution in [1.29, 1.82) is 0 Å². The van der Waals surface area contributed by atoms with Crippen LogP contribution in [0.3, 0.4) is 0 Å². The lowest BCUT2D eigenvalue weighted by Gasteiger charge is -2.26. The highest BCUT2D eigenvalue weighted by Gasteiger charge is 2.29. The van der Waals surface area contributed by atoms with E-state index in [1.807, 2.05) is 0 Å². The molecule has 1 N–H and O–H groups in total. The molecule has 0 aromatic heterocycles. The molecule has 0 aromatic rings. The Labute approximate surface area is 111 Å². The smallest absolute Gasteiger partial charge is 0.309 e. The van der Waals surface area contributed by atoms with Gasteiger partial charge in [0.15, 0.2) is 0 Å². The number of ether oxygens (including phenoxy) is 1. The molecule has 0 aliphatic heterocycles. The third-order valence-electron chi connectivity index (χ3n) is 3.85. The highest BCUT2D eigenvalue weighted by molar-refractivity contribution is 5.70. The highest BCUT2D eigenvalue weighted by atomic mass is 16.5. The molecule has 0 amide bonds. The molecular formula is C15H28O3. The Bertz CT molecular complexity index is 228. The Kier molecular flexibility index (Phi) is 8.06. The SMILES string of the molecule is CCCCCCOC1CCCCCCC1C(=O)O. The van der Waals surface area contributed by atoms with E-state index in [-0.39, 0.29) is 12.0 Å². The fourth-order valence-electron chi connectivity index (χ4n) is 2.70. The van der Waals surface area contributed by atoms with E-state index >= 15 is 0 Å². The van der Waals surface area contributed by atoms with Gasteiger partial charge in [0.2, 0.25) is 0 Å². The summed E-state index contributed by atoms with van der Waals surface area (Å²) in [5.41, 5.74) is 0. The minimum atomic E-state index is -0.671. The number of hydrogen-bond acceptors (Lipinski definition) is 2. The molecule has 0 spiro atoms. The molecule has 2 atom stereocenters. The molecule has 0 bridgehead atoms. The Morgan fingerprint density at radius 3 is 2.50 bits per heavy atom. The molecule has 3 nitrogen and oxygen atoms in total. The Morgan fingerprint density at radius 1 is 1.11 bits per heavy atom. The second kappa shape index (κ2) is 9.37. The lowest BCUT2D eigenvalue weighted by atomic mass is 9.88. The van der Waals surface area contributed by atoms with Gasteiger partial charge in [0.05, 0.1) is 12.0 Å². The van der Waals surface area contributed by atoms with E-state index in [4.69, 9.17) is 4.74 Å². The lowest BCUT2D eigenvalue weighted by Crippen LogP contribution is -2.32.